The molecule has 0 radical (unpaired) electrons. The second kappa shape index (κ2) is 5.94. The first-order valence-corrected chi connectivity index (χ1v) is 7.26. The molecule has 0 atom stereocenters. The van der Waals surface area contributed by atoms with E-state index in [1.54, 1.807) is 5.38 Å². The summed E-state index contributed by atoms with van der Waals surface area (Å²) in [5.74, 6) is 1.61. The van der Waals surface area contributed by atoms with E-state index in [9.17, 15) is 0 Å². The van der Waals surface area contributed by atoms with Crippen LogP contribution in [0.3, 0.4) is 0 Å². The van der Waals surface area contributed by atoms with Gasteiger partial charge in [0, 0.05) is 11.1 Å². The van der Waals surface area contributed by atoms with Gasteiger partial charge < -0.3 is 10.1 Å². The normalized spacial score (nSPS) is 10.2. The summed E-state index contributed by atoms with van der Waals surface area (Å²) in [5, 5.41) is 6.24. The van der Waals surface area contributed by atoms with Crippen LogP contribution in [0.2, 0.25) is 5.15 Å². The van der Waals surface area contributed by atoms with Crippen LogP contribution in [0.15, 0.2) is 60.0 Å². The van der Waals surface area contributed by atoms with Gasteiger partial charge in [0.2, 0.25) is 0 Å². The number of para-hydroxylation sites is 1. The smallest absolute Gasteiger partial charge is 0.188 e. The number of nitrogens with zero attached hydrogens (tertiary/aromatic N) is 1. The first-order chi connectivity index (χ1) is 9.79. The minimum absolute atomic E-state index is 0.501. The maximum absolute atomic E-state index is 5.78. The Kier molecular flexibility index (Phi) is 3.85. The largest absolute Gasteiger partial charge is 0.457 e. The van der Waals surface area contributed by atoms with Gasteiger partial charge in [0.25, 0.3) is 0 Å². The molecule has 5 heteroatoms. The number of rotatable bonds is 4. The Bertz CT molecular complexity index is 683. The number of anilines is 2. The van der Waals surface area contributed by atoms with Crippen molar-refractivity contribution < 1.29 is 4.74 Å². The van der Waals surface area contributed by atoms with Crippen LogP contribution in [0.25, 0.3) is 0 Å². The number of nitrogens with one attached hydrogen (secondary N) is 1. The lowest BCUT2D eigenvalue weighted by Crippen LogP contribution is -1.89. The van der Waals surface area contributed by atoms with Crippen LogP contribution < -0.4 is 10.1 Å². The molecule has 3 aromatic rings. The molecule has 0 unspecified atom stereocenters. The molecule has 0 aliphatic rings. The summed E-state index contributed by atoms with van der Waals surface area (Å²) in [7, 11) is 0. The number of hydrogen-bond donors (Lipinski definition) is 1. The van der Waals surface area contributed by atoms with Gasteiger partial charge in [-0.25, -0.2) is 4.98 Å². The quantitative estimate of drug-likeness (QED) is 0.707. The summed E-state index contributed by atoms with van der Waals surface area (Å²) in [4.78, 5) is 4.14. The minimum Gasteiger partial charge on any atom is -0.457 e. The number of benzene rings is 2. The molecule has 0 bridgehead atoms. The van der Waals surface area contributed by atoms with Gasteiger partial charge in [0.05, 0.1) is 0 Å². The van der Waals surface area contributed by atoms with Gasteiger partial charge >= 0.3 is 0 Å². The third-order valence-electron chi connectivity index (χ3n) is 2.56. The van der Waals surface area contributed by atoms with Crippen molar-refractivity contribution in [2.75, 3.05) is 5.32 Å². The molecule has 0 saturated carbocycles. The molecule has 0 aliphatic carbocycles. The highest BCUT2D eigenvalue weighted by Gasteiger charge is 2.01. The molecule has 1 heterocycles. The molecule has 0 spiro atoms. The van der Waals surface area contributed by atoms with E-state index in [0.29, 0.717) is 5.15 Å². The zero-order chi connectivity index (χ0) is 13.8. The van der Waals surface area contributed by atoms with Crippen molar-refractivity contribution in [3.05, 3.63) is 65.1 Å². The highest BCUT2D eigenvalue weighted by atomic mass is 35.5. The third kappa shape index (κ3) is 3.29. The van der Waals surface area contributed by atoms with E-state index >= 15 is 0 Å². The Morgan fingerprint density at radius 3 is 2.30 bits per heavy atom. The van der Waals surface area contributed by atoms with E-state index in [0.717, 1.165) is 22.3 Å². The molecule has 3 rings (SSSR count). The molecule has 2 aromatic carbocycles. The molecule has 20 heavy (non-hydrogen) atoms. The molecule has 0 aliphatic heterocycles. The number of hydrogen-bond acceptors (Lipinski definition) is 4. The lowest BCUT2D eigenvalue weighted by Gasteiger charge is -2.07. The molecule has 0 saturated heterocycles. The van der Waals surface area contributed by atoms with Gasteiger partial charge in [-0.3, -0.25) is 0 Å². The summed E-state index contributed by atoms with van der Waals surface area (Å²) in [6.07, 6.45) is 0. The fraction of sp³-hybridized carbons (Fsp3) is 0. The van der Waals surface area contributed by atoms with Crippen LogP contribution in [0.5, 0.6) is 11.5 Å². The summed E-state index contributed by atoms with van der Waals surface area (Å²) >= 11 is 7.25. The van der Waals surface area contributed by atoms with Gasteiger partial charge in [-0.1, -0.05) is 29.8 Å². The van der Waals surface area contributed by atoms with Crippen molar-refractivity contribution in [3.63, 3.8) is 0 Å². The van der Waals surface area contributed by atoms with E-state index < -0.39 is 0 Å². The summed E-state index contributed by atoms with van der Waals surface area (Å²) in [6, 6.07) is 17.4. The Labute approximate surface area is 125 Å². The second-order valence-corrected chi connectivity index (χ2v) is 5.29. The standard InChI is InChI=1S/C15H11ClN2OS/c16-14-10-20-15(18-14)17-11-6-8-13(9-7-11)19-12-4-2-1-3-5-12/h1-10H,(H,17,18). The first-order valence-electron chi connectivity index (χ1n) is 6.00. The van der Waals surface area contributed by atoms with Crippen LogP contribution >= 0.6 is 22.9 Å². The average Bonchev–Trinajstić information content (AvgIpc) is 2.88. The first kappa shape index (κ1) is 13.0. The summed E-state index contributed by atoms with van der Waals surface area (Å²) < 4.78 is 5.73. The van der Waals surface area contributed by atoms with Crippen molar-refractivity contribution >= 4 is 33.8 Å². The predicted octanol–water partition coefficient (Wildman–Crippen LogP) is 5.33. The second-order valence-electron chi connectivity index (χ2n) is 4.04. The predicted molar refractivity (Wildman–Crippen MR) is 83.4 cm³/mol. The van der Waals surface area contributed by atoms with Crippen molar-refractivity contribution in [1.29, 1.82) is 0 Å². The Morgan fingerprint density at radius 2 is 1.65 bits per heavy atom. The van der Waals surface area contributed by atoms with E-state index in [4.69, 9.17) is 16.3 Å². The minimum atomic E-state index is 0.501. The van der Waals surface area contributed by atoms with E-state index in [1.807, 2.05) is 54.6 Å². The average molecular weight is 303 g/mol. The lowest BCUT2D eigenvalue weighted by molar-refractivity contribution is 0.483. The van der Waals surface area contributed by atoms with Gasteiger partial charge in [-0.2, -0.15) is 0 Å². The molecule has 1 N–H and O–H groups in total. The zero-order valence-corrected chi connectivity index (χ0v) is 12.0. The van der Waals surface area contributed by atoms with Crippen molar-refractivity contribution in [2.45, 2.75) is 0 Å². The maximum atomic E-state index is 5.78. The van der Waals surface area contributed by atoms with Gasteiger partial charge in [-0.15, -0.1) is 11.3 Å². The van der Waals surface area contributed by atoms with E-state index in [-0.39, 0.29) is 0 Å². The molecule has 0 fully saturated rings. The summed E-state index contributed by atoms with van der Waals surface area (Å²) in [6.45, 7) is 0. The Balaban J connectivity index is 1.68. The molecular formula is C15H11ClN2OS. The summed E-state index contributed by atoms with van der Waals surface area (Å²) in [5.41, 5.74) is 0.941. The van der Waals surface area contributed by atoms with E-state index in [2.05, 4.69) is 10.3 Å². The number of halogens is 1. The van der Waals surface area contributed by atoms with Crippen LogP contribution in [0.1, 0.15) is 0 Å². The van der Waals surface area contributed by atoms with Crippen LogP contribution in [0.4, 0.5) is 10.8 Å². The zero-order valence-electron chi connectivity index (χ0n) is 10.4. The van der Waals surface area contributed by atoms with Crippen LogP contribution in [-0.4, -0.2) is 4.98 Å². The van der Waals surface area contributed by atoms with E-state index in [1.165, 1.54) is 11.3 Å². The molecular weight excluding hydrogens is 292 g/mol. The maximum Gasteiger partial charge on any atom is 0.188 e. The van der Waals surface area contributed by atoms with Crippen molar-refractivity contribution in [2.24, 2.45) is 0 Å². The van der Waals surface area contributed by atoms with Crippen LogP contribution in [0, 0.1) is 0 Å². The van der Waals surface area contributed by atoms with Crippen LogP contribution in [-0.2, 0) is 0 Å². The van der Waals surface area contributed by atoms with Gasteiger partial charge in [-0.05, 0) is 36.4 Å². The molecule has 1 aromatic heterocycles. The highest BCUT2D eigenvalue weighted by Crippen LogP contribution is 2.26. The molecule has 0 amide bonds. The number of thiazole rings is 1. The van der Waals surface area contributed by atoms with Gasteiger partial charge in [0.1, 0.15) is 16.7 Å². The number of ether oxygens (including phenoxy) is 1. The fourth-order valence-electron chi connectivity index (χ4n) is 1.67. The topological polar surface area (TPSA) is 34.1 Å². The fourth-order valence-corrected chi connectivity index (χ4v) is 2.52. The Hall–Kier alpha value is -2.04. The number of aromatic nitrogens is 1. The van der Waals surface area contributed by atoms with Crippen molar-refractivity contribution in [3.8, 4) is 11.5 Å². The monoisotopic (exact) mass is 302 g/mol. The highest BCUT2D eigenvalue weighted by molar-refractivity contribution is 7.14. The van der Waals surface area contributed by atoms with Gasteiger partial charge in [0.15, 0.2) is 5.13 Å². The lowest BCUT2D eigenvalue weighted by atomic mass is 10.3. The third-order valence-corrected chi connectivity index (χ3v) is 3.64. The van der Waals surface area contributed by atoms with Crippen molar-refractivity contribution in [1.82, 2.24) is 4.98 Å². The SMILES string of the molecule is Clc1csc(Nc2ccc(Oc3ccccc3)cc2)n1. The molecule has 100 valence electrons. The molecule has 3 nitrogen and oxygen atoms in total. The Morgan fingerprint density at radius 1 is 0.950 bits per heavy atom.